The van der Waals surface area contributed by atoms with Crippen LogP contribution in [0.1, 0.15) is 80.5 Å². The normalized spacial score (nSPS) is 20.8. The van der Waals surface area contributed by atoms with Crippen LogP contribution in [0, 0.1) is 5.92 Å². The fourth-order valence-corrected chi connectivity index (χ4v) is 13.4. The van der Waals surface area contributed by atoms with Gasteiger partial charge in [0.15, 0.2) is 38.0 Å². The van der Waals surface area contributed by atoms with E-state index in [1.807, 2.05) is 84.9 Å². The molecule has 2 amide bonds. The number of nitrogens with zero attached hydrogens (tertiary/aromatic N) is 6. The van der Waals surface area contributed by atoms with Crippen molar-refractivity contribution < 1.29 is 65.6 Å². The highest BCUT2D eigenvalue weighted by atomic mass is 32.5. The van der Waals surface area contributed by atoms with Crippen molar-refractivity contribution in [3.63, 3.8) is 0 Å². The molecule has 2 fully saturated rings. The van der Waals surface area contributed by atoms with Crippen molar-refractivity contribution in [1.82, 2.24) is 34.1 Å². The van der Waals surface area contributed by atoms with E-state index in [2.05, 4.69) is 64.4 Å². The summed E-state index contributed by atoms with van der Waals surface area (Å²) < 4.78 is 73.8. The van der Waals surface area contributed by atoms with Crippen molar-refractivity contribution in [3.8, 4) is 11.5 Å². The number of methoxy groups -OCH3 is 2. The van der Waals surface area contributed by atoms with Gasteiger partial charge in [-0.2, -0.15) is 4.98 Å². The Morgan fingerprint density at radius 3 is 2.07 bits per heavy atom. The second kappa shape index (κ2) is 26.0. The topological polar surface area (TPSA) is 293 Å². The number of benzene rings is 4. The number of aromatic amines is 1. The minimum absolute atomic E-state index is 0.0241. The standard InChI is InChI=1S/C59H67N9O15P2SSi/c1-35(2)52(69)65-57-64-51-46(54(71)66-57)62-34-68(51)55-44(81-84(72)73)30-42(79-55)31-78-85(74,86)82-47-45(32-77-59(37-18-14-11-15-19-37,38-20-24-40(75-6)25-21-38)39-22-26-41(76-7)27-23-39)80-56(48(47)83-87(8,9)58(3,4)5)67-29-28-43-49(60-33-61-50(43)67)63-53(70)36-16-12-10-13-17-36/h10-29,33-35,42,44-45,47-48,55-56H,30-32H2,1-9H3,(H4-,60,61,63,64,65,66,69,70,71,72,73,74,86)/p+1/t42-,44+,45+,47+,48+,55+,56+,85?/m0/s1. The molecule has 5 N–H and O–H groups in total. The van der Waals surface area contributed by atoms with Crippen molar-refractivity contribution in [2.45, 2.75) is 108 Å². The van der Waals surface area contributed by atoms with Crippen LogP contribution in [-0.4, -0.2) is 122 Å². The molecule has 2 aliphatic heterocycles. The SMILES string of the molecule is COc1ccc(C(OC[C@H]2O[C@@H](n3ccc4c(NC(=O)c5ccccc5)ncnc43)[C@H](O[Si](C)(C)C(C)(C)C)[C@@H]2OP(O)(=S)OC[C@@H]2C[C@@H](O[P+](=O)O)[C@H](n3cnc4c(=O)[nH]c(NC(=O)C(C)C)nc43)O2)(c2ccccc2)c2ccc(OC)cc2)cc1. The lowest BCUT2D eigenvalue weighted by molar-refractivity contribution is -0.118. The number of ether oxygens (including phenoxy) is 5. The first-order chi connectivity index (χ1) is 41.5. The highest BCUT2D eigenvalue weighted by Gasteiger charge is 2.55. The molecule has 458 valence electrons. The van der Waals surface area contributed by atoms with Gasteiger partial charge in [0.05, 0.1) is 45.3 Å². The highest BCUT2D eigenvalue weighted by molar-refractivity contribution is 8.07. The number of hydrogen-bond donors (Lipinski definition) is 5. The van der Waals surface area contributed by atoms with Crippen LogP contribution in [-0.2, 0) is 59.0 Å². The average Bonchev–Trinajstić information content (AvgIpc) is 1.85. The molecule has 24 nitrogen and oxygen atoms in total. The van der Waals surface area contributed by atoms with Crippen LogP contribution in [0.3, 0.4) is 0 Å². The molecule has 0 aliphatic carbocycles. The zero-order valence-electron chi connectivity index (χ0n) is 49.1. The quantitative estimate of drug-likeness (QED) is 0.0226. The van der Waals surface area contributed by atoms with E-state index in [9.17, 15) is 28.7 Å². The summed E-state index contributed by atoms with van der Waals surface area (Å²) in [5.41, 5.74) is 0.829. The van der Waals surface area contributed by atoms with E-state index in [4.69, 9.17) is 58.5 Å². The van der Waals surface area contributed by atoms with Gasteiger partial charge in [0.1, 0.15) is 53.2 Å². The number of nitrogens with one attached hydrogen (secondary N) is 3. The maximum absolute atomic E-state index is 13.6. The third kappa shape index (κ3) is 13.5. The fraction of sp³-hybridized carbons (Fsp3) is 0.373. The fourth-order valence-electron chi connectivity index (χ4n) is 10.2. The number of carbonyl (C=O) groups is 2. The van der Waals surface area contributed by atoms with Gasteiger partial charge in [0.25, 0.3) is 11.5 Å². The number of rotatable bonds is 23. The lowest BCUT2D eigenvalue weighted by atomic mass is 9.80. The van der Waals surface area contributed by atoms with E-state index >= 15 is 0 Å². The number of hydrogen-bond acceptors (Lipinski definition) is 18. The Kier molecular flexibility index (Phi) is 18.8. The summed E-state index contributed by atoms with van der Waals surface area (Å²) in [5.74, 6) is 0.0820. The number of amides is 2. The Bertz CT molecular complexity index is 3830. The van der Waals surface area contributed by atoms with Gasteiger partial charge >= 0.3 is 15.0 Å². The second-order valence-corrected chi connectivity index (χ2v) is 30.9. The molecule has 0 bridgehead atoms. The molecule has 28 heteroatoms. The van der Waals surface area contributed by atoms with Crippen LogP contribution in [0.4, 0.5) is 11.8 Å². The predicted octanol–water partition coefficient (Wildman–Crippen LogP) is 9.67. The largest absolute Gasteiger partial charge is 0.695 e. The number of anilines is 2. The first kappa shape index (κ1) is 63.0. The lowest BCUT2D eigenvalue weighted by Gasteiger charge is -2.41. The number of fused-ring (bicyclic) bond motifs is 2. The summed E-state index contributed by atoms with van der Waals surface area (Å²) in [7, 11) is -2.91. The monoisotopic (exact) mass is 1260 g/mol. The summed E-state index contributed by atoms with van der Waals surface area (Å²) in [5, 5.41) is 5.60. The third-order valence-corrected chi connectivity index (χ3v) is 22.2. The van der Waals surface area contributed by atoms with Gasteiger partial charge in [-0.15, -0.1) is 9.42 Å². The third-order valence-electron chi connectivity index (χ3n) is 15.7. The zero-order chi connectivity index (χ0) is 62.0. The molecule has 4 aromatic heterocycles. The van der Waals surface area contributed by atoms with Crippen LogP contribution in [0.2, 0.25) is 18.1 Å². The molecule has 8 aromatic rings. The Balaban J connectivity index is 1.03. The van der Waals surface area contributed by atoms with Crippen LogP contribution in [0.15, 0.2) is 139 Å². The van der Waals surface area contributed by atoms with Crippen LogP contribution >= 0.6 is 15.0 Å². The number of aromatic nitrogens is 7. The second-order valence-electron chi connectivity index (χ2n) is 22.7. The van der Waals surface area contributed by atoms with Crippen molar-refractivity contribution in [1.29, 1.82) is 0 Å². The van der Waals surface area contributed by atoms with Crippen molar-refractivity contribution >= 4 is 80.9 Å². The first-order valence-corrected chi connectivity index (χ1v) is 34.5. The maximum atomic E-state index is 13.6. The summed E-state index contributed by atoms with van der Waals surface area (Å²) in [6.07, 6.45) is -3.64. The van der Waals surface area contributed by atoms with Crippen molar-refractivity contribution in [2.24, 2.45) is 5.92 Å². The average molecular weight is 1270 g/mol. The summed E-state index contributed by atoms with van der Waals surface area (Å²) in [6, 6.07) is 35.3. The van der Waals surface area contributed by atoms with Gasteiger partial charge < -0.3 is 47.4 Å². The van der Waals surface area contributed by atoms with Crippen molar-refractivity contribution in [3.05, 3.63) is 167 Å². The van der Waals surface area contributed by atoms with Gasteiger partial charge in [0, 0.05) is 28.7 Å². The summed E-state index contributed by atoms with van der Waals surface area (Å²) in [6.45, 7) is 8.61. The zero-order valence-corrected chi connectivity index (χ0v) is 52.7. The molecule has 4 aromatic carbocycles. The summed E-state index contributed by atoms with van der Waals surface area (Å²) >= 11 is 5.95. The molecule has 0 radical (unpaired) electrons. The molecule has 2 saturated heterocycles. The molecule has 2 aliphatic rings. The number of imidazole rings is 1. The molecule has 2 unspecified atom stereocenters. The lowest BCUT2D eigenvalue weighted by Crippen LogP contribution is -2.49. The first-order valence-electron chi connectivity index (χ1n) is 27.9. The Morgan fingerprint density at radius 1 is 0.828 bits per heavy atom. The van der Waals surface area contributed by atoms with Crippen LogP contribution in [0.5, 0.6) is 11.5 Å². The van der Waals surface area contributed by atoms with E-state index in [1.165, 1.54) is 17.2 Å². The molecular formula is C59H68N9O15P2SSi+. The summed E-state index contributed by atoms with van der Waals surface area (Å²) in [4.78, 5) is 82.4. The molecule has 9 atom stereocenters. The van der Waals surface area contributed by atoms with Crippen LogP contribution in [0.25, 0.3) is 22.2 Å². The van der Waals surface area contributed by atoms with E-state index in [1.54, 1.807) is 69.2 Å². The number of H-pyrrole nitrogens is 1. The van der Waals surface area contributed by atoms with E-state index in [0.29, 0.717) is 28.1 Å². The molecular weight excluding hydrogens is 1200 g/mol. The minimum atomic E-state index is -4.46. The van der Waals surface area contributed by atoms with Crippen molar-refractivity contribution in [2.75, 3.05) is 38.1 Å². The maximum Gasteiger partial charge on any atom is 0.695 e. The smallest absolute Gasteiger partial charge is 0.497 e. The predicted molar refractivity (Wildman–Crippen MR) is 328 cm³/mol. The molecule has 6 heterocycles. The van der Waals surface area contributed by atoms with Crippen LogP contribution < -0.4 is 25.7 Å². The van der Waals surface area contributed by atoms with Gasteiger partial charge in [-0.25, -0.2) is 15.0 Å². The molecule has 0 saturated carbocycles. The Hall–Kier alpha value is -7.00. The Labute approximate surface area is 508 Å². The van der Waals surface area contributed by atoms with Gasteiger partial charge in [-0.05, 0) is 89.1 Å². The molecule has 0 spiro atoms. The van der Waals surface area contributed by atoms with E-state index < -0.39 is 101 Å². The van der Waals surface area contributed by atoms with Gasteiger partial charge in [0.2, 0.25) is 11.9 Å². The van der Waals surface area contributed by atoms with Gasteiger partial charge in [-0.1, -0.05) is 107 Å². The molecule has 87 heavy (non-hydrogen) atoms. The van der Waals surface area contributed by atoms with E-state index in [0.717, 1.165) is 16.7 Å². The van der Waals surface area contributed by atoms with E-state index in [-0.39, 0.29) is 41.9 Å². The molecule has 10 rings (SSSR count). The highest BCUT2D eigenvalue weighted by Crippen LogP contribution is 2.53. The minimum Gasteiger partial charge on any atom is -0.497 e. The Morgan fingerprint density at radius 2 is 1.46 bits per heavy atom. The number of carbonyl (C=O) groups excluding carboxylic acids is 2. The van der Waals surface area contributed by atoms with Gasteiger partial charge in [-0.3, -0.25) is 33.8 Å².